The number of carbonyl (C=O) groups excluding carboxylic acids is 2. The molecule has 40 heavy (non-hydrogen) atoms. The number of aryl methyl sites for hydroxylation is 1. The maximum atomic E-state index is 13.8. The minimum Gasteiger partial charge on any atom is -0.391 e. The lowest BCUT2D eigenvalue weighted by atomic mass is 10.0. The van der Waals surface area contributed by atoms with E-state index in [1.165, 1.54) is 4.68 Å². The van der Waals surface area contributed by atoms with Crippen molar-refractivity contribution in [2.45, 2.75) is 82.4 Å². The third kappa shape index (κ3) is 5.55. The van der Waals surface area contributed by atoms with Crippen molar-refractivity contribution in [2.75, 3.05) is 13.1 Å². The van der Waals surface area contributed by atoms with Crippen LogP contribution in [0.2, 0.25) is 0 Å². The highest BCUT2D eigenvalue weighted by molar-refractivity contribution is 7.88. The molecular weight excluding hydrogens is 528 g/mol. The van der Waals surface area contributed by atoms with Crippen molar-refractivity contribution in [3.63, 3.8) is 0 Å². The fourth-order valence-electron chi connectivity index (χ4n) is 5.30. The van der Waals surface area contributed by atoms with Crippen LogP contribution in [0.4, 0.5) is 0 Å². The fourth-order valence-corrected chi connectivity index (χ4v) is 7.53. The highest BCUT2D eigenvalue weighted by Crippen LogP contribution is 2.48. The molecule has 1 saturated carbocycles. The van der Waals surface area contributed by atoms with Crippen molar-refractivity contribution >= 4 is 28.3 Å². The topological polar surface area (TPSA) is 130 Å². The van der Waals surface area contributed by atoms with Crippen molar-refractivity contribution < 1.29 is 18.6 Å². The zero-order valence-corrected chi connectivity index (χ0v) is 24.9. The maximum absolute atomic E-state index is 13.8. The molecule has 5 rings (SSSR count). The van der Waals surface area contributed by atoms with Gasteiger partial charge in [0.2, 0.25) is 0 Å². The predicted molar refractivity (Wildman–Crippen MR) is 153 cm³/mol. The van der Waals surface area contributed by atoms with E-state index in [1.54, 1.807) is 36.2 Å². The third-order valence-electron chi connectivity index (χ3n) is 7.77. The average molecular weight is 567 g/mol. The number of hydrogen-bond donors (Lipinski definition) is 1. The summed E-state index contributed by atoms with van der Waals surface area (Å²) >= 11 is 0. The van der Waals surface area contributed by atoms with Gasteiger partial charge in [0.25, 0.3) is 11.8 Å². The van der Waals surface area contributed by atoms with Crippen LogP contribution in [-0.2, 0) is 35.7 Å². The second-order valence-corrected chi connectivity index (χ2v) is 13.4. The number of amides is 2. The number of benzene rings is 1. The van der Waals surface area contributed by atoms with E-state index in [4.69, 9.17) is 10.1 Å². The molecule has 214 valence electrons. The largest absolute Gasteiger partial charge is 0.391 e. The molecule has 2 aliphatic heterocycles. The number of hydrogen-bond acceptors (Lipinski definition) is 7. The van der Waals surface area contributed by atoms with Crippen molar-refractivity contribution in [3.05, 3.63) is 52.3 Å². The molecule has 0 spiro atoms. The van der Waals surface area contributed by atoms with Crippen molar-refractivity contribution in [2.24, 2.45) is 12.2 Å². The molecule has 2 amide bonds. The third-order valence-corrected chi connectivity index (χ3v) is 10.3. The molecule has 0 saturated heterocycles. The van der Waals surface area contributed by atoms with Gasteiger partial charge < -0.3 is 15.1 Å². The minimum absolute atomic E-state index is 0.190. The van der Waals surface area contributed by atoms with E-state index in [9.17, 15) is 13.8 Å². The number of nitriles is 1. The van der Waals surface area contributed by atoms with Crippen LogP contribution in [0, 0.1) is 11.3 Å². The summed E-state index contributed by atoms with van der Waals surface area (Å²) in [6.07, 6.45) is 2.50. The average Bonchev–Trinajstić information content (AvgIpc) is 3.46. The van der Waals surface area contributed by atoms with Crippen molar-refractivity contribution in [3.8, 4) is 6.07 Å². The molecule has 11 heteroatoms. The van der Waals surface area contributed by atoms with Gasteiger partial charge in [0, 0.05) is 49.5 Å². The smallest absolute Gasteiger partial charge is 0.272 e. The molecule has 1 fully saturated rings. The number of aromatic nitrogens is 2. The highest BCUT2D eigenvalue weighted by atomic mass is 32.2. The van der Waals surface area contributed by atoms with Gasteiger partial charge in [-0.15, -0.1) is 0 Å². The molecule has 2 unspecified atom stereocenters. The second kappa shape index (κ2) is 11.5. The molecule has 1 N–H and O–H groups in total. The number of nitrogens with zero attached hydrogens (tertiary/aromatic N) is 5. The van der Waals surface area contributed by atoms with Gasteiger partial charge in [0.05, 0.1) is 26.8 Å². The van der Waals surface area contributed by atoms with Gasteiger partial charge in [0.1, 0.15) is 11.8 Å². The predicted octanol–water partition coefficient (Wildman–Crippen LogP) is 3.47. The van der Waals surface area contributed by atoms with Crippen LogP contribution in [0.3, 0.4) is 0 Å². The molecular formula is C29H38N6O4S. The van der Waals surface area contributed by atoms with Crippen LogP contribution in [-0.4, -0.2) is 65.1 Å². The Morgan fingerprint density at radius 1 is 1.27 bits per heavy atom. The van der Waals surface area contributed by atoms with Crippen LogP contribution >= 0.6 is 0 Å². The molecule has 1 aromatic carbocycles. The molecule has 2 aromatic rings. The van der Waals surface area contributed by atoms with E-state index < -0.39 is 20.3 Å². The number of nitrogens with one attached hydrogen (secondary N) is 1. The highest BCUT2D eigenvalue weighted by Gasteiger charge is 2.57. The summed E-state index contributed by atoms with van der Waals surface area (Å²) in [5.41, 5.74) is 3.62. The summed E-state index contributed by atoms with van der Waals surface area (Å²) in [6, 6.07) is 9.06. The van der Waals surface area contributed by atoms with Gasteiger partial charge in [-0.1, -0.05) is 31.1 Å². The Bertz CT molecular complexity index is 1380. The monoisotopic (exact) mass is 566 g/mol. The second-order valence-electron chi connectivity index (χ2n) is 10.9. The zero-order valence-electron chi connectivity index (χ0n) is 24.1. The summed E-state index contributed by atoms with van der Waals surface area (Å²) in [4.78, 5) is 33.9. The van der Waals surface area contributed by atoms with Gasteiger partial charge in [-0.2, -0.15) is 10.4 Å². The Labute approximate surface area is 238 Å². The standard InChI is InChI=1S/C27H32N6O4S.C2H6/c1-17-13-21(37-31-17)26(2,3)38(36)27(10-11-27)16-33-12-9-20-22(30-32(4)23(20)25(33)35)24(34)29-15-19-7-5-18(14-28)6-8-19;1-2/h5-8,21H,9-13,15-16H2,1-4H3,(H,29,34);1-2H3. The fraction of sp³-hybridized carbons (Fsp3) is 0.552. The molecule has 3 heterocycles. The summed E-state index contributed by atoms with van der Waals surface area (Å²) in [5, 5.41) is 20.3. The Morgan fingerprint density at radius 3 is 2.52 bits per heavy atom. The molecule has 2 atom stereocenters. The Kier molecular flexibility index (Phi) is 8.49. The Hall–Kier alpha value is -3.52. The SMILES string of the molecule is CC.CC1=NOC(C(C)(C)S(=O)C2(CN3CCc4c(C(=O)NCc5ccc(C#N)cc5)nn(C)c4C3=O)CC2)C1. The first-order valence-corrected chi connectivity index (χ1v) is 14.9. The van der Waals surface area contributed by atoms with Crippen LogP contribution < -0.4 is 5.32 Å². The molecule has 10 nitrogen and oxygen atoms in total. The lowest BCUT2D eigenvalue weighted by Crippen LogP contribution is -2.51. The molecule has 1 aromatic heterocycles. The summed E-state index contributed by atoms with van der Waals surface area (Å²) < 4.78 is 14.2. The van der Waals surface area contributed by atoms with Gasteiger partial charge >= 0.3 is 0 Å². The van der Waals surface area contributed by atoms with Crippen LogP contribution in [0.15, 0.2) is 29.4 Å². The first-order chi connectivity index (χ1) is 19.1. The van der Waals surface area contributed by atoms with Crippen molar-refractivity contribution in [1.82, 2.24) is 20.0 Å². The van der Waals surface area contributed by atoms with E-state index in [1.807, 2.05) is 34.6 Å². The van der Waals surface area contributed by atoms with Crippen molar-refractivity contribution in [1.29, 1.82) is 5.26 Å². The van der Waals surface area contributed by atoms with E-state index in [2.05, 4.69) is 21.6 Å². The Balaban J connectivity index is 0.00000181. The van der Waals surface area contributed by atoms with Gasteiger partial charge in [0.15, 0.2) is 5.69 Å². The van der Waals surface area contributed by atoms with Gasteiger partial charge in [-0.05, 0) is 57.7 Å². The van der Waals surface area contributed by atoms with Crippen LogP contribution in [0.25, 0.3) is 0 Å². The Morgan fingerprint density at radius 2 is 1.95 bits per heavy atom. The first-order valence-electron chi connectivity index (χ1n) is 13.8. The van der Waals surface area contributed by atoms with Crippen LogP contribution in [0.1, 0.15) is 91.5 Å². The van der Waals surface area contributed by atoms with E-state index in [0.29, 0.717) is 42.8 Å². The quantitative estimate of drug-likeness (QED) is 0.521. The molecule has 0 radical (unpaired) electrons. The van der Waals surface area contributed by atoms with E-state index in [-0.39, 0.29) is 30.2 Å². The summed E-state index contributed by atoms with van der Waals surface area (Å²) in [5.74, 6) is -0.534. The van der Waals surface area contributed by atoms with Crippen LogP contribution in [0.5, 0.6) is 0 Å². The van der Waals surface area contributed by atoms with Gasteiger partial charge in [-0.3, -0.25) is 18.5 Å². The maximum Gasteiger partial charge on any atom is 0.272 e. The number of carbonyl (C=O) groups is 2. The zero-order chi connectivity index (χ0) is 29.2. The normalized spacial score (nSPS) is 19.8. The lowest BCUT2D eigenvalue weighted by Gasteiger charge is -2.36. The first kappa shape index (κ1) is 29.5. The van der Waals surface area contributed by atoms with Gasteiger partial charge in [-0.25, -0.2) is 0 Å². The van der Waals surface area contributed by atoms with E-state index >= 15 is 0 Å². The number of oxime groups is 1. The number of rotatable bonds is 8. The minimum atomic E-state index is -1.24. The molecule has 0 bridgehead atoms. The lowest BCUT2D eigenvalue weighted by molar-refractivity contribution is 0.0618. The number of fused-ring (bicyclic) bond motifs is 1. The van der Waals surface area contributed by atoms with E-state index in [0.717, 1.165) is 24.1 Å². The molecule has 1 aliphatic carbocycles. The summed E-state index contributed by atoms with van der Waals surface area (Å²) in [7, 11) is 0.436. The summed E-state index contributed by atoms with van der Waals surface area (Å²) in [6.45, 7) is 11.0. The molecule has 3 aliphatic rings.